The lowest BCUT2D eigenvalue weighted by Gasteiger charge is -2.08. The fraction of sp³-hybridized carbons (Fsp3) is 1.00. The van der Waals surface area contributed by atoms with Crippen molar-refractivity contribution in [2.45, 2.75) is 19.5 Å². The number of hydrogen-bond donors (Lipinski definition) is 2. The monoisotopic (exact) mass is 100 g/mol. The van der Waals surface area contributed by atoms with Gasteiger partial charge in [0, 0.05) is 0 Å². The average molecular weight is 100 g/mol. The van der Waals surface area contributed by atoms with E-state index in [9.17, 15) is 0 Å². The molecule has 7 heavy (non-hydrogen) atoms. The summed E-state index contributed by atoms with van der Waals surface area (Å²) in [6, 6.07) is 0. The highest BCUT2D eigenvalue weighted by atomic mass is 15.7. The van der Waals surface area contributed by atoms with Crippen molar-refractivity contribution in [3.8, 4) is 0 Å². The second-order valence-electron chi connectivity index (χ2n) is 2.00. The van der Waals surface area contributed by atoms with Crippen molar-refractivity contribution in [2.75, 3.05) is 0 Å². The molecule has 0 saturated carbocycles. The minimum atomic E-state index is -0.208. The largest absolute Gasteiger partial charge is 0.222 e. The lowest BCUT2D eigenvalue weighted by Crippen LogP contribution is -2.38. The first-order chi connectivity index (χ1) is 3.21. The van der Waals surface area contributed by atoms with Gasteiger partial charge in [-0.1, -0.05) is 5.22 Å². The molecular weight excluding hydrogens is 92.1 g/mol. The molecule has 0 bridgehead atoms. The molecule has 0 atom stereocenters. The molecule has 0 aromatic carbocycles. The summed E-state index contributed by atoms with van der Waals surface area (Å²) in [5.74, 6) is 0. The predicted molar refractivity (Wildman–Crippen MR) is 25.2 cm³/mol. The van der Waals surface area contributed by atoms with Gasteiger partial charge < -0.3 is 0 Å². The van der Waals surface area contributed by atoms with Crippen molar-refractivity contribution in [1.29, 1.82) is 0 Å². The Morgan fingerprint density at radius 1 is 1.43 bits per heavy atom. The van der Waals surface area contributed by atoms with Gasteiger partial charge in [-0.05, 0) is 13.8 Å². The van der Waals surface area contributed by atoms with Crippen LogP contribution in [0.1, 0.15) is 13.8 Å². The first kappa shape index (κ1) is 4.52. The van der Waals surface area contributed by atoms with E-state index in [1.54, 1.807) is 0 Å². The number of nitrogens with one attached hydrogen (secondary N) is 2. The topological polar surface area (TPSA) is 48.8 Å². The van der Waals surface area contributed by atoms with Crippen molar-refractivity contribution in [2.24, 2.45) is 10.3 Å². The number of nitrogens with zero attached hydrogens (tertiary/aromatic N) is 2. The Kier molecular flexibility index (Phi) is 0.751. The van der Waals surface area contributed by atoms with Crippen LogP contribution in [0.4, 0.5) is 0 Å². The summed E-state index contributed by atoms with van der Waals surface area (Å²) < 4.78 is 0. The molecule has 0 unspecified atom stereocenters. The Labute approximate surface area is 42.0 Å². The van der Waals surface area contributed by atoms with Gasteiger partial charge in [-0.3, -0.25) is 0 Å². The van der Waals surface area contributed by atoms with Crippen LogP contribution in [0.5, 0.6) is 0 Å². The number of hydrazine groups is 1. The van der Waals surface area contributed by atoms with Crippen LogP contribution in [0.25, 0.3) is 0 Å². The quantitative estimate of drug-likeness (QED) is 0.456. The van der Waals surface area contributed by atoms with Crippen LogP contribution in [-0.2, 0) is 0 Å². The summed E-state index contributed by atoms with van der Waals surface area (Å²) in [6.45, 7) is 3.85. The van der Waals surface area contributed by atoms with E-state index in [1.807, 2.05) is 13.8 Å². The van der Waals surface area contributed by atoms with Crippen LogP contribution in [0, 0.1) is 0 Å². The summed E-state index contributed by atoms with van der Waals surface area (Å²) in [6.07, 6.45) is 0. The molecule has 1 rings (SSSR count). The van der Waals surface area contributed by atoms with Crippen LogP contribution < -0.4 is 11.0 Å². The zero-order valence-electron chi connectivity index (χ0n) is 4.39. The second-order valence-corrected chi connectivity index (χ2v) is 2.00. The van der Waals surface area contributed by atoms with E-state index < -0.39 is 0 Å². The van der Waals surface area contributed by atoms with Gasteiger partial charge in [0.2, 0.25) is 0 Å². The van der Waals surface area contributed by atoms with Gasteiger partial charge in [0.15, 0.2) is 0 Å². The van der Waals surface area contributed by atoms with Gasteiger partial charge in [-0.25, -0.2) is 5.53 Å². The highest BCUT2D eigenvalue weighted by Gasteiger charge is 2.18. The molecule has 0 spiro atoms. The van der Waals surface area contributed by atoms with E-state index in [2.05, 4.69) is 21.3 Å². The molecule has 0 saturated heterocycles. The first-order valence-electron chi connectivity index (χ1n) is 2.15. The Bertz CT molecular complexity index is 95.1. The van der Waals surface area contributed by atoms with E-state index in [1.165, 1.54) is 0 Å². The average Bonchev–Trinajstić information content (AvgIpc) is 1.84. The molecule has 1 aliphatic rings. The number of hydrogen-bond acceptors (Lipinski definition) is 4. The maximum Gasteiger partial charge on any atom is 0.145 e. The Hall–Kier alpha value is -0.640. The molecule has 1 aliphatic heterocycles. The Balaban J connectivity index is 2.57. The fourth-order valence-corrected chi connectivity index (χ4v) is 0.337. The van der Waals surface area contributed by atoms with Gasteiger partial charge in [-0.15, -0.1) is 5.11 Å². The maximum atomic E-state index is 3.77. The summed E-state index contributed by atoms with van der Waals surface area (Å²) in [7, 11) is 0. The normalized spacial score (nSPS) is 24.9. The fourth-order valence-electron chi connectivity index (χ4n) is 0.337. The highest BCUT2D eigenvalue weighted by molar-refractivity contribution is 4.71. The lowest BCUT2D eigenvalue weighted by molar-refractivity contribution is 0.417. The summed E-state index contributed by atoms with van der Waals surface area (Å²) in [5, 5.41) is 7.27. The van der Waals surface area contributed by atoms with Gasteiger partial charge in [0.05, 0.1) is 0 Å². The van der Waals surface area contributed by atoms with Crippen molar-refractivity contribution in [3.05, 3.63) is 0 Å². The predicted octanol–water partition coefficient (Wildman–Crippen LogP) is 0.198. The Morgan fingerprint density at radius 2 is 2.14 bits per heavy atom. The molecular formula is C3H8N4. The maximum absolute atomic E-state index is 3.77. The molecule has 0 fully saturated rings. The lowest BCUT2D eigenvalue weighted by atomic mass is 10.3. The summed E-state index contributed by atoms with van der Waals surface area (Å²) >= 11 is 0. The van der Waals surface area contributed by atoms with E-state index in [-0.39, 0.29) is 5.66 Å². The number of rotatable bonds is 0. The summed E-state index contributed by atoms with van der Waals surface area (Å²) in [4.78, 5) is 0. The van der Waals surface area contributed by atoms with E-state index in [4.69, 9.17) is 0 Å². The van der Waals surface area contributed by atoms with Crippen molar-refractivity contribution < 1.29 is 0 Å². The van der Waals surface area contributed by atoms with Crippen molar-refractivity contribution >= 4 is 0 Å². The SMILES string of the molecule is CC1(C)N=NNN1. The smallest absolute Gasteiger partial charge is 0.145 e. The minimum absolute atomic E-state index is 0.208. The third-order valence-corrected chi connectivity index (χ3v) is 0.712. The zero-order chi connectivity index (χ0) is 5.33. The van der Waals surface area contributed by atoms with Crippen LogP contribution >= 0.6 is 0 Å². The van der Waals surface area contributed by atoms with Crippen LogP contribution in [-0.4, -0.2) is 5.66 Å². The van der Waals surface area contributed by atoms with Crippen molar-refractivity contribution in [3.63, 3.8) is 0 Å². The minimum Gasteiger partial charge on any atom is -0.222 e. The standard InChI is InChI=1S/C3H8N4/c1-3(2)4-6-7-5-3/h1-2H3,(H,4,7)(H,5,6). The van der Waals surface area contributed by atoms with E-state index in [0.717, 1.165) is 0 Å². The van der Waals surface area contributed by atoms with Crippen molar-refractivity contribution in [1.82, 2.24) is 11.0 Å². The van der Waals surface area contributed by atoms with E-state index >= 15 is 0 Å². The van der Waals surface area contributed by atoms with Gasteiger partial charge >= 0.3 is 0 Å². The summed E-state index contributed by atoms with van der Waals surface area (Å²) in [5.41, 5.74) is 5.12. The molecule has 1 heterocycles. The second kappa shape index (κ2) is 1.16. The van der Waals surface area contributed by atoms with Gasteiger partial charge in [0.1, 0.15) is 5.66 Å². The molecule has 0 aromatic heterocycles. The third-order valence-electron chi connectivity index (χ3n) is 0.712. The van der Waals surface area contributed by atoms with Crippen LogP contribution in [0.2, 0.25) is 0 Å². The molecule has 0 aliphatic carbocycles. The first-order valence-corrected chi connectivity index (χ1v) is 2.15. The molecule has 0 amide bonds. The van der Waals surface area contributed by atoms with Gasteiger partial charge in [-0.2, -0.15) is 5.43 Å². The molecule has 4 nitrogen and oxygen atoms in total. The zero-order valence-corrected chi connectivity index (χ0v) is 4.39. The molecule has 4 heteroatoms. The molecule has 2 N–H and O–H groups in total. The van der Waals surface area contributed by atoms with E-state index in [0.29, 0.717) is 0 Å². The van der Waals surface area contributed by atoms with Crippen LogP contribution in [0.3, 0.4) is 0 Å². The third kappa shape index (κ3) is 0.866. The van der Waals surface area contributed by atoms with Gasteiger partial charge in [0.25, 0.3) is 0 Å². The van der Waals surface area contributed by atoms with Crippen LogP contribution in [0.15, 0.2) is 10.3 Å². The highest BCUT2D eigenvalue weighted by Crippen LogP contribution is 2.05. The Morgan fingerprint density at radius 3 is 2.29 bits per heavy atom. The molecule has 0 aromatic rings. The molecule has 0 radical (unpaired) electrons. The molecule has 40 valence electrons.